The Morgan fingerprint density at radius 3 is 1.62 bits per heavy atom. The van der Waals surface area contributed by atoms with E-state index in [9.17, 15) is 4.79 Å². The first-order valence-corrected chi connectivity index (χ1v) is 7.46. The van der Waals surface area contributed by atoms with E-state index in [1.54, 1.807) is 6.92 Å². The molecule has 0 saturated carbocycles. The van der Waals surface area contributed by atoms with Gasteiger partial charge in [-0.25, -0.2) is 0 Å². The van der Waals surface area contributed by atoms with Crippen LogP contribution in [0.1, 0.15) is 37.8 Å². The molecule has 2 aromatic carbocycles. The second-order valence-electron chi connectivity index (χ2n) is 5.77. The molecule has 0 saturated heterocycles. The standard InChI is InChI=1S/C19H23NO/c1-14(2)19(20-15(3)21)18(16-10-6-4-7-11-16)17-12-8-5-9-13-17/h4-14,18-19H,1-3H3,(H,20,21)/t19-/m0/s1. The summed E-state index contributed by atoms with van der Waals surface area (Å²) in [6.45, 7) is 5.89. The van der Waals surface area contributed by atoms with Gasteiger partial charge in [0.1, 0.15) is 0 Å². The summed E-state index contributed by atoms with van der Waals surface area (Å²) >= 11 is 0. The van der Waals surface area contributed by atoms with E-state index in [4.69, 9.17) is 0 Å². The first-order valence-electron chi connectivity index (χ1n) is 7.46. The minimum Gasteiger partial charge on any atom is -0.352 e. The van der Waals surface area contributed by atoms with Crippen LogP contribution in [0, 0.1) is 5.92 Å². The van der Waals surface area contributed by atoms with Crippen LogP contribution in [0.25, 0.3) is 0 Å². The first-order chi connectivity index (χ1) is 10.1. The Bertz CT molecular complexity index is 523. The van der Waals surface area contributed by atoms with Crippen molar-refractivity contribution < 1.29 is 4.79 Å². The number of carbonyl (C=O) groups excluding carboxylic acids is 1. The van der Waals surface area contributed by atoms with Gasteiger partial charge in [0.15, 0.2) is 0 Å². The Kier molecular flexibility index (Phi) is 5.15. The molecule has 0 bridgehead atoms. The van der Waals surface area contributed by atoms with E-state index < -0.39 is 0 Å². The lowest BCUT2D eigenvalue weighted by Crippen LogP contribution is -2.42. The topological polar surface area (TPSA) is 29.1 Å². The molecule has 0 heterocycles. The number of benzene rings is 2. The van der Waals surface area contributed by atoms with Crippen molar-refractivity contribution in [2.45, 2.75) is 32.7 Å². The van der Waals surface area contributed by atoms with E-state index in [0.717, 1.165) is 0 Å². The van der Waals surface area contributed by atoms with Crippen LogP contribution in [0.2, 0.25) is 0 Å². The summed E-state index contributed by atoms with van der Waals surface area (Å²) in [6, 6.07) is 20.9. The van der Waals surface area contributed by atoms with E-state index in [1.807, 2.05) is 12.1 Å². The zero-order valence-electron chi connectivity index (χ0n) is 12.9. The second kappa shape index (κ2) is 7.07. The third-order valence-electron chi connectivity index (χ3n) is 3.76. The van der Waals surface area contributed by atoms with Crippen molar-refractivity contribution in [1.82, 2.24) is 5.32 Å². The normalized spacial score (nSPS) is 12.4. The van der Waals surface area contributed by atoms with Crippen molar-refractivity contribution >= 4 is 5.91 Å². The highest BCUT2D eigenvalue weighted by atomic mass is 16.1. The van der Waals surface area contributed by atoms with Crippen LogP contribution < -0.4 is 5.32 Å². The molecular weight excluding hydrogens is 258 g/mol. The number of hydrogen-bond donors (Lipinski definition) is 1. The molecule has 0 unspecified atom stereocenters. The zero-order chi connectivity index (χ0) is 15.2. The summed E-state index contributed by atoms with van der Waals surface area (Å²) in [7, 11) is 0. The molecule has 1 N–H and O–H groups in total. The van der Waals surface area contributed by atoms with E-state index in [0.29, 0.717) is 5.92 Å². The second-order valence-corrected chi connectivity index (χ2v) is 5.77. The van der Waals surface area contributed by atoms with Crippen LogP contribution in [-0.2, 0) is 4.79 Å². The highest BCUT2D eigenvalue weighted by Gasteiger charge is 2.28. The molecule has 21 heavy (non-hydrogen) atoms. The fraction of sp³-hybridized carbons (Fsp3) is 0.316. The Labute approximate surface area is 127 Å². The van der Waals surface area contributed by atoms with Crippen molar-refractivity contribution in [3.8, 4) is 0 Å². The predicted octanol–water partition coefficient (Wildman–Crippen LogP) is 3.98. The van der Waals surface area contributed by atoms with Crippen molar-refractivity contribution in [2.75, 3.05) is 0 Å². The summed E-state index contributed by atoms with van der Waals surface area (Å²) in [6.07, 6.45) is 0. The minimum atomic E-state index is 0.0190. The molecule has 2 aromatic rings. The molecule has 0 aliphatic heterocycles. The summed E-state index contributed by atoms with van der Waals surface area (Å²) in [5.41, 5.74) is 2.47. The Balaban J connectivity index is 2.47. The molecule has 0 aromatic heterocycles. The van der Waals surface area contributed by atoms with Gasteiger partial charge in [-0.2, -0.15) is 0 Å². The summed E-state index contributed by atoms with van der Waals surface area (Å²) < 4.78 is 0. The van der Waals surface area contributed by atoms with Crippen LogP contribution in [-0.4, -0.2) is 11.9 Å². The Hall–Kier alpha value is -2.09. The average molecular weight is 281 g/mol. The molecule has 2 rings (SSSR count). The van der Waals surface area contributed by atoms with Gasteiger partial charge in [0.05, 0.1) is 0 Å². The molecule has 1 atom stereocenters. The quantitative estimate of drug-likeness (QED) is 0.882. The SMILES string of the molecule is CC(=O)N[C@@H](C(C)C)C(c1ccccc1)c1ccccc1. The maximum absolute atomic E-state index is 11.6. The first kappa shape index (κ1) is 15.3. The van der Waals surface area contributed by atoms with Crippen LogP contribution in [0.3, 0.4) is 0 Å². The molecular formula is C19H23NO. The highest BCUT2D eigenvalue weighted by molar-refractivity contribution is 5.73. The number of hydrogen-bond acceptors (Lipinski definition) is 1. The van der Waals surface area contributed by atoms with Crippen LogP contribution in [0.15, 0.2) is 60.7 Å². The van der Waals surface area contributed by atoms with E-state index in [-0.39, 0.29) is 17.9 Å². The summed E-state index contributed by atoms with van der Waals surface area (Å²) in [5.74, 6) is 0.529. The van der Waals surface area contributed by atoms with Gasteiger partial charge in [-0.3, -0.25) is 4.79 Å². The lowest BCUT2D eigenvalue weighted by Gasteiger charge is -2.31. The number of nitrogens with one attached hydrogen (secondary N) is 1. The number of carbonyl (C=O) groups is 1. The number of rotatable bonds is 5. The molecule has 2 heteroatoms. The maximum Gasteiger partial charge on any atom is 0.217 e. The van der Waals surface area contributed by atoms with Crippen molar-refractivity contribution in [3.05, 3.63) is 71.8 Å². The molecule has 2 nitrogen and oxygen atoms in total. The van der Waals surface area contributed by atoms with E-state index in [2.05, 4.69) is 67.7 Å². The van der Waals surface area contributed by atoms with Gasteiger partial charge >= 0.3 is 0 Å². The number of amides is 1. The van der Waals surface area contributed by atoms with E-state index in [1.165, 1.54) is 11.1 Å². The molecule has 0 fully saturated rings. The van der Waals surface area contributed by atoms with Crippen LogP contribution in [0.5, 0.6) is 0 Å². The zero-order valence-corrected chi connectivity index (χ0v) is 12.9. The van der Waals surface area contributed by atoms with Gasteiger partial charge in [-0.05, 0) is 17.0 Å². The van der Waals surface area contributed by atoms with Gasteiger partial charge in [0.2, 0.25) is 5.91 Å². The van der Waals surface area contributed by atoms with Crippen molar-refractivity contribution in [2.24, 2.45) is 5.92 Å². The van der Waals surface area contributed by atoms with Gasteiger partial charge in [0.25, 0.3) is 0 Å². The minimum absolute atomic E-state index is 0.0190. The molecule has 110 valence electrons. The Morgan fingerprint density at radius 2 is 1.29 bits per heavy atom. The molecule has 0 spiro atoms. The lowest BCUT2D eigenvalue weighted by atomic mass is 9.80. The molecule has 0 radical (unpaired) electrons. The fourth-order valence-corrected chi connectivity index (χ4v) is 2.80. The lowest BCUT2D eigenvalue weighted by molar-refractivity contribution is -0.120. The largest absolute Gasteiger partial charge is 0.352 e. The van der Waals surface area contributed by atoms with E-state index >= 15 is 0 Å². The molecule has 1 amide bonds. The predicted molar refractivity (Wildman–Crippen MR) is 87.2 cm³/mol. The van der Waals surface area contributed by atoms with Crippen LogP contribution >= 0.6 is 0 Å². The third-order valence-corrected chi connectivity index (χ3v) is 3.76. The Morgan fingerprint density at radius 1 is 0.857 bits per heavy atom. The van der Waals surface area contributed by atoms with Gasteiger partial charge < -0.3 is 5.32 Å². The highest BCUT2D eigenvalue weighted by Crippen LogP contribution is 2.31. The fourth-order valence-electron chi connectivity index (χ4n) is 2.80. The van der Waals surface area contributed by atoms with Gasteiger partial charge in [0, 0.05) is 18.9 Å². The summed E-state index contributed by atoms with van der Waals surface area (Å²) in [4.78, 5) is 11.6. The monoisotopic (exact) mass is 281 g/mol. The van der Waals surface area contributed by atoms with Crippen molar-refractivity contribution in [3.63, 3.8) is 0 Å². The molecule has 0 aliphatic rings. The molecule has 0 aliphatic carbocycles. The van der Waals surface area contributed by atoms with Crippen molar-refractivity contribution in [1.29, 1.82) is 0 Å². The van der Waals surface area contributed by atoms with Crippen LogP contribution in [0.4, 0.5) is 0 Å². The smallest absolute Gasteiger partial charge is 0.217 e. The third kappa shape index (κ3) is 3.94. The van der Waals surface area contributed by atoms with Gasteiger partial charge in [-0.15, -0.1) is 0 Å². The maximum atomic E-state index is 11.6. The van der Waals surface area contributed by atoms with Gasteiger partial charge in [-0.1, -0.05) is 74.5 Å². The summed E-state index contributed by atoms with van der Waals surface area (Å²) in [5, 5.41) is 3.14. The average Bonchev–Trinajstić information content (AvgIpc) is 2.48.